The molecule has 0 aliphatic rings. The maximum atomic E-state index is 11.3. The van der Waals surface area contributed by atoms with Crippen molar-refractivity contribution in [1.29, 1.82) is 0 Å². The lowest BCUT2D eigenvalue weighted by molar-refractivity contribution is 0.596. The summed E-state index contributed by atoms with van der Waals surface area (Å²) in [6, 6.07) is 20.3. The molecule has 3 aromatic rings. The molecule has 4 N–H and O–H groups in total. The molecule has 8 heteroatoms. The van der Waals surface area contributed by atoms with E-state index in [9.17, 15) is 16.8 Å². The molecule has 6 nitrogen and oxygen atoms in total. The Bertz CT molecular complexity index is 1200. The average Bonchev–Trinajstić information content (AvgIpc) is 2.63. The second kappa shape index (κ2) is 7.69. The quantitative estimate of drug-likeness (QED) is 0.651. The van der Waals surface area contributed by atoms with Crippen LogP contribution in [0.5, 0.6) is 0 Å². The van der Waals surface area contributed by atoms with Crippen molar-refractivity contribution in [3.63, 3.8) is 0 Å². The van der Waals surface area contributed by atoms with Gasteiger partial charge in [0.15, 0.2) is 0 Å². The predicted octanol–water partition coefficient (Wildman–Crippen LogP) is 0.639. The topological polar surface area (TPSA) is 120 Å². The lowest BCUT2D eigenvalue weighted by Gasteiger charge is -1.99. The summed E-state index contributed by atoms with van der Waals surface area (Å²) < 4.78 is 45.1. The molecule has 0 radical (unpaired) electrons. The first-order valence-electron chi connectivity index (χ1n) is 8.17. The second-order valence-electron chi connectivity index (χ2n) is 6.18. The van der Waals surface area contributed by atoms with E-state index >= 15 is 0 Å². The summed E-state index contributed by atoms with van der Waals surface area (Å²) in [7, 11) is -7.39. The molecule has 0 amide bonds. The minimum atomic E-state index is -3.70. The summed E-state index contributed by atoms with van der Waals surface area (Å²) in [5, 5.41) is 12.1. The predicted molar refractivity (Wildman–Crippen MR) is 108 cm³/mol. The number of sulfonamides is 2. The van der Waals surface area contributed by atoms with E-state index in [1.807, 2.05) is 36.4 Å². The normalized spacial score (nSPS) is 11.8. The number of rotatable bonds is 4. The summed E-state index contributed by atoms with van der Waals surface area (Å²) in [5.41, 5.74) is 1.70. The van der Waals surface area contributed by atoms with Crippen molar-refractivity contribution in [3.05, 3.63) is 94.4 Å². The van der Waals surface area contributed by atoms with Crippen molar-refractivity contribution >= 4 is 32.2 Å². The van der Waals surface area contributed by atoms with E-state index in [1.165, 1.54) is 24.3 Å². The molecule has 3 rings (SSSR count). The van der Waals surface area contributed by atoms with E-state index in [0.29, 0.717) is 0 Å². The maximum absolute atomic E-state index is 11.3. The fraction of sp³-hybridized carbons (Fsp3) is 0. The van der Waals surface area contributed by atoms with Gasteiger partial charge in [-0.25, -0.2) is 27.1 Å². The minimum absolute atomic E-state index is 0.0723. The molecular weight excluding hydrogens is 396 g/mol. The van der Waals surface area contributed by atoms with Crippen molar-refractivity contribution < 1.29 is 16.8 Å². The fourth-order valence-electron chi connectivity index (χ4n) is 2.58. The molecule has 0 aliphatic heterocycles. The van der Waals surface area contributed by atoms with Gasteiger partial charge in [0.1, 0.15) is 0 Å². The molecule has 0 aromatic heterocycles. The zero-order valence-electron chi connectivity index (χ0n) is 14.7. The Labute approximate surface area is 163 Å². The maximum Gasteiger partial charge on any atom is 0.238 e. The number of nitrogens with two attached hydrogens (primary N) is 2. The highest BCUT2D eigenvalue weighted by molar-refractivity contribution is 7.89. The Morgan fingerprint density at radius 1 is 0.500 bits per heavy atom. The standard InChI is InChI=1S/C20H18N2O4S2/c21-27(23,24)19-9-5-17(6-10-19)13-15-1-2-16(4-3-15)14-18-7-11-20(12-8-18)28(22,25)26/h1-14H,(H2,21,23,24)(H2,22,25,26). The third kappa shape index (κ3) is 5.14. The third-order valence-electron chi connectivity index (χ3n) is 4.02. The van der Waals surface area contributed by atoms with Gasteiger partial charge in [-0.3, -0.25) is 0 Å². The van der Waals surface area contributed by atoms with Crippen LogP contribution in [0.2, 0.25) is 0 Å². The number of benzene rings is 3. The Morgan fingerprint density at radius 2 is 0.786 bits per heavy atom. The van der Waals surface area contributed by atoms with Crippen LogP contribution in [0.25, 0.3) is 12.2 Å². The van der Waals surface area contributed by atoms with Gasteiger partial charge >= 0.3 is 0 Å². The van der Waals surface area contributed by atoms with Crippen LogP contribution < -0.4 is 20.7 Å². The molecule has 0 fully saturated rings. The van der Waals surface area contributed by atoms with Gasteiger partial charge in [0.25, 0.3) is 0 Å². The van der Waals surface area contributed by atoms with Crippen LogP contribution in [0, 0.1) is 0 Å². The van der Waals surface area contributed by atoms with Crippen molar-refractivity contribution in [2.75, 3.05) is 0 Å². The van der Waals surface area contributed by atoms with E-state index in [2.05, 4.69) is 0 Å². The van der Waals surface area contributed by atoms with Gasteiger partial charge in [0, 0.05) is 0 Å². The summed E-state index contributed by atoms with van der Waals surface area (Å²) in [4.78, 5) is 0.145. The molecule has 144 valence electrons. The molecule has 28 heavy (non-hydrogen) atoms. The van der Waals surface area contributed by atoms with Crippen LogP contribution in [-0.4, -0.2) is 16.8 Å². The highest BCUT2D eigenvalue weighted by Crippen LogP contribution is 2.10. The Hall–Kier alpha value is -2.78. The molecular formula is C20H18N2O4S2. The summed E-state index contributed by atoms with van der Waals surface area (Å²) in [6.45, 7) is 0. The van der Waals surface area contributed by atoms with E-state index < -0.39 is 20.0 Å². The smallest absolute Gasteiger partial charge is 0.225 e. The SMILES string of the molecule is NS(=O)(=O)c1ccc(C=c2ccc(=Cc3ccc(S(N)(=O)=O)cc3)cc2)cc1. The monoisotopic (exact) mass is 414 g/mol. The molecule has 0 saturated heterocycles. The number of hydrogen-bond acceptors (Lipinski definition) is 4. The van der Waals surface area contributed by atoms with Gasteiger partial charge in [-0.2, -0.15) is 0 Å². The fourth-order valence-corrected chi connectivity index (χ4v) is 3.61. The molecule has 0 unspecified atom stereocenters. The second-order valence-corrected chi connectivity index (χ2v) is 9.31. The van der Waals surface area contributed by atoms with Crippen LogP contribution in [0.15, 0.2) is 82.6 Å². The zero-order valence-corrected chi connectivity index (χ0v) is 16.3. The Morgan fingerprint density at radius 3 is 1.04 bits per heavy atom. The van der Waals surface area contributed by atoms with Crippen molar-refractivity contribution in [3.8, 4) is 0 Å². The molecule has 0 aliphatic carbocycles. The van der Waals surface area contributed by atoms with Gasteiger partial charge in [-0.15, -0.1) is 0 Å². The van der Waals surface area contributed by atoms with Crippen molar-refractivity contribution in [2.24, 2.45) is 10.3 Å². The lowest BCUT2D eigenvalue weighted by atomic mass is 10.1. The van der Waals surface area contributed by atoms with E-state index in [0.717, 1.165) is 21.6 Å². The Balaban J connectivity index is 1.85. The van der Waals surface area contributed by atoms with Crippen LogP contribution in [0.3, 0.4) is 0 Å². The molecule has 0 heterocycles. The zero-order chi connectivity index (χ0) is 20.4. The lowest BCUT2D eigenvalue weighted by Crippen LogP contribution is -2.12. The molecule has 0 atom stereocenters. The third-order valence-corrected chi connectivity index (χ3v) is 5.88. The van der Waals surface area contributed by atoms with Crippen LogP contribution in [-0.2, 0) is 20.0 Å². The van der Waals surface area contributed by atoms with E-state index in [4.69, 9.17) is 10.3 Å². The molecule has 0 bridgehead atoms. The van der Waals surface area contributed by atoms with E-state index in [-0.39, 0.29) is 9.79 Å². The first kappa shape index (κ1) is 20.0. The van der Waals surface area contributed by atoms with Gasteiger partial charge in [-0.1, -0.05) is 48.5 Å². The molecule has 0 spiro atoms. The van der Waals surface area contributed by atoms with Crippen LogP contribution >= 0.6 is 0 Å². The summed E-state index contributed by atoms with van der Waals surface area (Å²) in [5.74, 6) is 0. The first-order valence-corrected chi connectivity index (χ1v) is 11.3. The van der Waals surface area contributed by atoms with Gasteiger partial charge in [0.05, 0.1) is 9.79 Å². The highest BCUT2D eigenvalue weighted by Gasteiger charge is 2.06. The van der Waals surface area contributed by atoms with E-state index in [1.54, 1.807) is 24.3 Å². The summed E-state index contributed by atoms with van der Waals surface area (Å²) in [6.07, 6.45) is 3.83. The average molecular weight is 415 g/mol. The molecule has 3 aromatic carbocycles. The van der Waals surface area contributed by atoms with Gasteiger partial charge in [-0.05, 0) is 58.0 Å². The van der Waals surface area contributed by atoms with Gasteiger partial charge < -0.3 is 0 Å². The minimum Gasteiger partial charge on any atom is -0.225 e. The van der Waals surface area contributed by atoms with Crippen LogP contribution in [0.4, 0.5) is 0 Å². The Kier molecular flexibility index (Phi) is 5.48. The highest BCUT2D eigenvalue weighted by atomic mass is 32.2. The number of primary sulfonamides is 2. The molecule has 0 saturated carbocycles. The summed E-state index contributed by atoms with van der Waals surface area (Å²) >= 11 is 0. The van der Waals surface area contributed by atoms with Crippen molar-refractivity contribution in [1.82, 2.24) is 0 Å². The largest absolute Gasteiger partial charge is 0.238 e. The van der Waals surface area contributed by atoms with Gasteiger partial charge in [0.2, 0.25) is 20.0 Å². The number of hydrogen-bond donors (Lipinski definition) is 2. The first-order chi connectivity index (χ1) is 13.1. The van der Waals surface area contributed by atoms with Crippen LogP contribution in [0.1, 0.15) is 11.1 Å². The van der Waals surface area contributed by atoms with Crippen molar-refractivity contribution in [2.45, 2.75) is 9.79 Å².